The van der Waals surface area contributed by atoms with E-state index in [9.17, 15) is 58.4 Å². The van der Waals surface area contributed by atoms with Gasteiger partial charge in [-0.05, 0) is 262 Å². The van der Waals surface area contributed by atoms with Crippen molar-refractivity contribution in [3.05, 3.63) is 164 Å². The van der Waals surface area contributed by atoms with E-state index in [0.717, 1.165) is 237 Å². The van der Waals surface area contributed by atoms with Crippen LogP contribution in [0.2, 0.25) is 0 Å². The molecule has 5 aromatic heterocycles. The number of amides is 3. The zero-order valence-electron chi connectivity index (χ0n) is 82.0. The van der Waals surface area contributed by atoms with Crippen LogP contribution in [0.4, 0.5) is 17.3 Å². The van der Waals surface area contributed by atoms with Crippen LogP contribution in [0.3, 0.4) is 0 Å². The molecule has 0 unspecified atom stereocenters. The summed E-state index contributed by atoms with van der Waals surface area (Å²) in [6.07, 6.45) is 21.6. The first-order valence-electron chi connectivity index (χ1n) is 48.2. The highest BCUT2D eigenvalue weighted by Gasteiger charge is 2.40. The minimum absolute atomic E-state index is 0.0167. The molecule has 4 saturated carbocycles. The molecule has 744 valence electrons. The summed E-state index contributed by atoms with van der Waals surface area (Å²) in [6, 6.07) is 32.0. The summed E-state index contributed by atoms with van der Waals surface area (Å²) in [5.74, 6) is -0.260. The Morgan fingerprint density at radius 3 is 1.38 bits per heavy atom. The fourth-order valence-corrected chi connectivity index (χ4v) is 20.7. The van der Waals surface area contributed by atoms with Gasteiger partial charge in [0.2, 0.25) is 20.0 Å². The number of hydrogen-bond donors (Lipinski definition) is 4. The maximum atomic E-state index is 14.6. The third kappa shape index (κ3) is 23.5. The molecule has 0 spiro atoms. The van der Waals surface area contributed by atoms with Crippen LogP contribution in [0.15, 0.2) is 97.1 Å². The number of morpholine rings is 1. The number of aromatic carboxylic acids is 1. The molecule has 4 aliphatic carbocycles. The Labute approximate surface area is 806 Å². The fraction of sp³-hybridized carbons (Fsp3) is 0.510. The number of benzene rings is 5. The first-order valence-corrected chi connectivity index (χ1v) is 51.3. The predicted molar refractivity (Wildman–Crippen MR) is 532 cm³/mol. The van der Waals surface area contributed by atoms with Gasteiger partial charge in [-0.1, -0.05) is 67.6 Å². The van der Waals surface area contributed by atoms with Gasteiger partial charge in [0.25, 0.3) is 17.7 Å². The number of carbonyl (C=O) groups excluding carboxylic acids is 3. The smallest absolute Gasteiger partial charge is 0.497 e. The number of aromatic nitrogens is 9. The normalized spacial score (nSPS) is 17.4. The summed E-state index contributed by atoms with van der Waals surface area (Å²) >= 11 is 0. The van der Waals surface area contributed by atoms with Crippen LogP contribution >= 0.6 is 0 Å². The second-order valence-corrected chi connectivity index (χ2v) is 42.8. The Bertz CT molecular complexity index is 6410. The topological polar surface area (TPSA) is 325 Å². The lowest BCUT2D eigenvalue weighted by Gasteiger charge is -2.33. The number of likely N-dealkylation sites (N-methyl/N-ethyl adjacent to an activating group) is 3. The summed E-state index contributed by atoms with van der Waals surface area (Å²) in [5.41, 5.74) is 17.8. The van der Waals surface area contributed by atoms with Crippen LogP contribution in [0.5, 0.6) is 11.5 Å². The van der Waals surface area contributed by atoms with Crippen molar-refractivity contribution in [2.75, 3.05) is 142 Å². The van der Waals surface area contributed by atoms with Crippen LogP contribution in [-0.2, 0) is 37.9 Å². The number of rotatable bonds is 17. The minimum atomic E-state index is -6.00. The third-order valence-electron chi connectivity index (χ3n) is 27.5. The molecule has 0 bridgehead atoms. The highest BCUT2D eigenvalue weighted by atomic mass is 32.2. The number of methoxy groups -OCH3 is 2. The Kier molecular flexibility index (Phi) is 33.1. The van der Waals surface area contributed by atoms with Crippen LogP contribution in [-0.4, -0.2) is 285 Å². The largest absolute Gasteiger partial charge is 0.673 e. The van der Waals surface area contributed by atoms with Crippen molar-refractivity contribution in [3.63, 3.8) is 0 Å². The van der Waals surface area contributed by atoms with Gasteiger partial charge in [-0.2, -0.15) is 10.2 Å². The van der Waals surface area contributed by atoms with Crippen LogP contribution in [0.1, 0.15) is 241 Å². The van der Waals surface area contributed by atoms with E-state index < -0.39 is 55.6 Å². The average molecular weight is 1950 g/mol. The quantitative estimate of drug-likeness (QED) is 0.0216. The maximum absolute atomic E-state index is 14.6. The number of sulfonamides is 2. The molecule has 9 aliphatic rings. The number of hydrogen-bond acceptors (Lipinski definition) is 20. The van der Waals surface area contributed by atoms with E-state index >= 15 is 0 Å². The van der Waals surface area contributed by atoms with Crippen LogP contribution in [0, 0.1) is 13.8 Å². The van der Waals surface area contributed by atoms with E-state index in [1.54, 1.807) is 53.2 Å². The number of fused-ring (bicyclic) bond motifs is 11. The molecule has 19 rings (SSSR count). The molecular weight excluding hydrogens is 1810 g/mol. The van der Waals surface area contributed by atoms with Gasteiger partial charge in [-0.15, -0.1) is 5.10 Å². The number of carbonyl (C=O) groups is 4. The van der Waals surface area contributed by atoms with Crippen molar-refractivity contribution in [3.8, 4) is 34.0 Å². The molecule has 10 heterocycles. The molecule has 5 aromatic carbocycles. The molecule has 3 saturated heterocycles. The van der Waals surface area contributed by atoms with E-state index in [2.05, 4.69) is 105 Å². The lowest BCUT2D eigenvalue weighted by molar-refractivity contribution is -0.480. The highest BCUT2D eigenvalue weighted by Crippen LogP contribution is 2.52. The number of aryl methyl sites for hydroxylation is 2. The van der Waals surface area contributed by atoms with Crippen molar-refractivity contribution < 1.29 is 82.0 Å². The average Bonchev–Trinajstić information content (AvgIpc) is 1.57. The summed E-state index contributed by atoms with van der Waals surface area (Å²) in [7, 11) is 3.65. The Balaban J connectivity index is 0.000000162. The van der Waals surface area contributed by atoms with Gasteiger partial charge < -0.3 is 70.6 Å². The summed E-state index contributed by atoms with van der Waals surface area (Å²) in [4.78, 5) is 72.2. The number of piperazine rings is 2. The molecule has 31 nitrogen and oxygen atoms in total. The zero-order chi connectivity index (χ0) is 98.9. The number of carboxylic acids is 1. The highest BCUT2D eigenvalue weighted by molar-refractivity contribution is 7.90. The standard InChI is InChI=1S/C42H52N6O5S.C37H42N4O6S.C11H16N5O.C5H12N2.C5H11NO.BF4/c1-26(2)54(51,52)44-41(49)29-14-16-35-36(24-29)47-25-31(22-30-23-33(53-5)15-17-34(30)40(47)38(35)28-10-7-6-8-11-28)39-37(27(3)43-48(39)32-12-9-13-32)42(50)46-20-18-45(4)19-21-46;1-21(2)48(45,46)39-36(42)24-13-15-30-31(19-24)40-20-26(34-32(37(43)44)22(3)38-41(34)27-11-8-12-27)17-25-18-28(47-4)14-16-29(25)35(40)33(30)23-9-6-5-7-10-23;1-14(2)11(15(3)4)17-16-10-8-6-5-7-9(10)12-13-16;1-7-4-2-6-3-5-7;1-6-2-4-7-5-3-6;2-1(3,4)5/h14-17,22-24,26,28,32H,6-13,18-21,25H2,1-5H3,(H,44,49);13-19,21,23,27H,5-12,20H2,1-4H3,(H,39,42)(H,43,44);5-8H,1-4H3;6H,2-5H2,1H3;2-5H2,1H3;/q;;+1;;;-1. The van der Waals surface area contributed by atoms with Crippen molar-refractivity contribution >= 4 is 113 Å². The summed E-state index contributed by atoms with van der Waals surface area (Å²) in [6.45, 7) is 22.4. The van der Waals surface area contributed by atoms with Crippen molar-refractivity contribution in [2.45, 2.75) is 192 Å². The lowest BCUT2D eigenvalue weighted by Crippen LogP contribution is -2.47. The Morgan fingerprint density at radius 2 is 0.986 bits per heavy atom. The molecule has 138 heavy (non-hydrogen) atoms. The van der Waals surface area contributed by atoms with Gasteiger partial charge in [0.1, 0.15) is 28.1 Å². The van der Waals surface area contributed by atoms with E-state index in [1.165, 1.54) is 55.8 Å². The number of carboxylic acid groups (broad SMARTS) is 1. The predicted octanol–water partition coefficient (Wildman–Crippen LogP) is 15.1. The molecule has 0 radical (unpaired) electrons. The second kappa shape index (κ2) is 44.5. The molecule has 38 heteroatoms. The summed E-state index contributed by atoms with van der Waals surface area (Å²) < 4.78 is 121. The van der Waals surface area contributed by atoms with E-state index in [4.69, 9.17) is 29.2 Å². The van der Waals surface area contributed by atoms with Crippen LogP contribution in [0.25, 0.3) is 78.7 Å². The Morgan fingerprint density at radius 1 is 0.551 bits per heavy atom. The van der Waals surface area contributed by atoms with E-state index in [-0.39, 0.29) is 34.7 Å². The third-order valence-corrected chi connectivity index (χ3v) is 30.9. The Hall–Kier alpha value is -11.3. The lowest BCUT2D eigenvalue weighted by atomic mass is 9.81. The molecular formula is C100H133BF4N18O13S2. The number of halogens is 4. The van der Waals surface area contributed by atoms with E-state index in [1.807, 2.05) is 115 Å². The van der Waals surface area contributed by atoms with Crippen molar-refractivity contribution in [1.29, 1.82) is 0 Å². The van der Waals surface area contributed by atoms with Gasteiger partial charge in [0.15, 0.2) is 0 Å². The van der Waals surface area contributed by atoms with Gasteiger partial charge >= 0.3 is 19.2 Å². The maximum Gasteiger partial charge on any atom is 0.673 e. The molecule has 7 fully saturated rings. The van der Waals surface area contributed by atoms with Crippen LogP contribution < -0.4 is 29.1 Å². The number of allylic oxidation sites excluding steroid dienone is 2. The molecule has 4 N–H and O–H groups in total. The van der Waals surface area contributed by atoms with E-state index in [0.29, 0.717) is 66.7 Å². The zero-order valence-corrected chi connectivity index (χ0v) is 83.7. The minimum Gasteiger partial charge on any atom is -0.497 e. The molecule has 10 aromatic rings. The first-order chi connectivity index (χ1) is 65.8. The summed E-state index contributed by atoms with van der Waals surface area (Å²) in [5, 5.41) is 32.2. The number of amidine groups is 1. The monoisotopic (exact) mass is 1940 g/mol. The first kappa shape index (κ1) is 103. The fourth-order valence-electron chi connectivity index (χ4n) is 19.4. The van der Waals surface area contributed by atoms with Crippen molar-refractivity contribution in [1.82, 2.24) is 83.1 Å². The van der Waals surface area contributed by atoms with Gasteiger partial charge in [-0.25, -0.2) is 40.5 Å². The number of nitrogens with zero attached hydrogens (tertiary/aromatic N) is 15. The van der Waals surface area contributed by atoms with Gasteiger partial charge in [0, 0.05) is 110 Å². The molecule has 3 amide bonds. The molecule has 0 atom stereocenters. The van der Waals surface area contributed by atoms with Crippen molar-refractivity contribution in [2.24, 2.45) is 0 Å². The van der Waals surface area contributed by atoms with Gasteiger partial charge in [0.05, 0.1) is 131 Å². The number of nitrogens with one attached hydrogen (secondary N) is 3. The number of para-hydroxylation sites is 1. The van der Waals surface area contributed by atoms with Gasteiger partial charge in [-0.3, -0.25) is 28.6 Å². The number of ether oxygens (including phenoxy) is 3. The molecule has 5 aliphatic heterocycles. The SMILES string of the molecule is CN(C)C(On1nnc2ccccc21)=[N+](C)C.CN1CCNCC1.CN1CCOCC1.COc1ccc2c(c1)C=C(c1c(C(=O)N3CCN(C)CC3)c(C)nn1C1CCC1)Cn1c-2c(C2CCCCC2)c2ccc(C(=O)NS(=O)(=O)C(C)C)cc21.COc1ccc2c(c1)C=C(c1c(C(=O)O)c(C)nn1C1CCC1)Cn1c-2c(C2CCCCC2)c2ccc(C(=O)NS(=O)(=O)C(C)C)cc21.F[B-](F)(F)F. The second-order valence-electron chi connectivity index (χ2n) is 38.3.